The normalized spacial score (nSPS) is 18.0. The Morgan fingerprint density at radius 3 is 2.35 bits per heavy atom. The smallest absolute Gasteiger partial charge is 0.339 e. The van der Waals surface area contributed by atoms with Crippen molar-refractivity contribution in [2.24, 2.45) is 0 Å². The number of hydrogen-bond acceptors (Lipinski definition) is 5. The van der Waals surface area contributed by atoms with E-state index in [2.05, 4.69) is 15.2 Å². The van der Waals surface area contributed by atoms with Gasteiger partial charge in [0.25, 0.3) is 5.91 Å². The molecular formula is C23H27FN4O3. The molecule has 0 spiro atoms. The molecule has 2 aliphatic rings. The number of carboxylic acids is 1. The molecule has 1 amide bonds. The van der Waals surface area contributed by atoms with Gasteiger partial charge < -0.3 is 20.2 Å². The summed E-state index contributed by atoms with van der Waals surface area (Å²) < 4.78 is 13.1. The maximum atomic E-state index is 13.1. The summed E-state index contributed by atoms with van der Waals surface area (Å²) in [6, 6.07) is 7.13. The fourth-order valence-corrected chi connectivity index (χ4v) is 4.47. The third-order valence-electron chi connectivity index (χ3n) is 6.13. The molecule has 164 valence electrons. The number of aromatic nitrogens is 1. The number of carbonyl (C=O) groups is 2. The van der Waals surface area contributed by atoms with Crippen LogP contribution >= 0.6 is 0 Å². The molecule has 0 aliphatic carbocycles. The number of nitrogens with one attached hydrogen (secondary N) is 1. The van der Waals surface area contributed by atoms with Gasteiger partial charge in [0.05, 0.1) is 11.9 Å². The molecule has 0 saturated carbocycles. The summed E-state index contributed by atoms with van der Waals surface area (Å²) in [5.41, 5.74) is 0.633. The maximum absolute atomic E-state index is 13.1. The number of carbonyl (C=O) groups excluding carboxylic acids is 1. The predicted molar refractivity (Wildman–Crippen MR) is 116 cm³/mol. The fraction of sp³-hybridized carbons (Fsp3) is 0.435. The van der Waals surface area contributed by atoms with Crippen LogP contribution in [0.3, 0.4) is 0 Å². The summed E-state index contributed by atoms with van der Waals surface area (Å²) >= 11 is 0. The van der Waals surface area contributed by atoms with E-state index in [9.17, 15) is 19.1 Å². The molecule has 0 unspecified atom stereocenters. The Morgan fingerprint density at radius 2 is 1.71 bits per heavy atom. The number of halogens is 1. The molecule has 8 heteroatoms. The van der Waals surface area contributed by atoms with Crippen molar-refractivity contribution in [2.75, 3.05) is 36.4 Å². The molecular weight excluding hydrogens is 399 g/mol. The van der Waals surface area contributed by atoms with Crippen LogP contribution in [-0.4, -0.2) is 59.1 Å². The number of likely N-dealkylation sites (tertiary alicyclic amines) is 1. The van der Waals surface area contributed by atoms with Gasteiger partial charge in [-0.25, -0.2) is 14.2 Å². The van der Waals surface area contributed by atoms with Crippen LogP contribution in [0.15, 0.2) is 36.5 Å². The van der Waals surface area contributed by atoms with Crippen LogP contribution in [0.2, 0.25) is 0 Å². The minimum absolute atomic E-state index is 0.0633. The number of benzene rings is 1. The lowest BCUT2D eigenvalue weighted by Crippen LogP contribution is -2.47. The molecule has 2 fully saturated rings. The number of pyridine rings is 1. The van der Waals surface area contributed by atoms with E-state index < -0.39 is 17.7 Å². The van der Waals surface area contributed by atoms with E-state index in [0.29, 0.717) is 17.5 Å². The van der Waals surface area contributed by atoms with Crippen LogP contribution in [0.4, 0.5) is 15.9 Å². The number of aromatic carboxylic acids is 1. The van der Waals surface area contributed by atoms with Crippen molar-refractivity contribution in [3.8, 4) is 0 Å². The summed E-state index contributed by atoms with van der Waals surface area (Å²) in [6.45, 7) is 3.84. The number of piperidine rings is 2. The van der Waals surface area contributed by atoms with Crippen LogP contribution in [0.1, 0.15) is 52.8 Å². The van der Waals surface area contributed by atoms with Crippen molar-refractivity contribution in [1.29, 1.82) is 0 Å². The zero-order valence-electron chi connectivity index (χ0n) is 17.4. The van der Waals surface area contributed by atoms with E-state index in [1.54, 1.807) is 0 Å². The molecule has 1 aromatic carbocycles. The summed E-state index contributed by atoms with van der Waals surface area (Å²) in [7, 11) is 0. The van der Waals surface area contributed by atoms with Gasteiger partial charge in [0.1, 0.15) is 17.2 Å². The second kappa shape index (κ2) is 9.43. The van der Waals surface area contributed by atoms with Crippen molar-refractivity contribution in [3.63, 3.8) is 0 Å². The fourth-order valence-electron chi connectivity index (χ4n) is 4.47. The number of carboxylic acid groups (broad SMARTS) is 1. The molecule has 0 radical (unpaired) electrons. The van der Waals surface area contributed by atoms with E-state index in [0.717, 1.165) is 39.0 Å². The number of nitrogens with zero attached hydrogens (tertiary/aromatic N) is 3. The Labute approximate surface area is 180 Å². The lowest BCUT2D eigenvalue weighted by molar-refractivity contribution is 0.0696. The first-order valence-corrected chi connectivity index (χ1v) is 10.8. The van der Waals surface area contributed by atoms with Crippen molar-refractivity contribution >= 4 is 23.4 Å². The number of rotatable bonds is 5. The highest BCUT2D eigenvalue weighted by molar-refractivity contribution is 6.05. The zero-order valence-corrected chi connectivity index (χ0v) is 17.4. The lowest BCUT2D eigenvalue weighted by atomic mass is 9.99. The maximum Gasteiger partial charge on any atom is 0.339 e. The average Bonchev–Trinajstić information content (AvgIpc) is 2.80. The first kappa shape index (κ1) is 21.2. The number of anilines is 2. The van der Waals surface area contributed by atoms with E-state index in [1.165, 1.54) is 55.8 Å². The van der Waals surface area contributed by atoms with Crippen molar-refractivity contribution < 1.29 is 19.1 Å². The highest BCUT2D eigenvalue weighted by Gasteiger charge is 2.28. The molecule has 1 aromatic heterocycles. The first-order valence-electron chi connectivity index (χ1n) is 10.8. The Kier molecular flexibility index (Phi) is 6.46. The van der Waals surface area contributed by atoms with Gasteiger partial charge in [0, 0.05) is 24.7 Å². The second-order valence-electron chi connectivity index (χ2n) is 8.18. The van der Waals surface area contributed by atoms with Gasteiger partial charge in [0.15, 0.2) is 0 Å². The van der Waals surface area contributed by atoms with Gasteiger partial charge >= 0.3 is 5.97 Å². The predicted octanol–water partition coefficient (Wildman–Crippen LogP) is 3.63. The quantitative estimate of drug-likeness (QED) is 0.760. The minimum Gasteiger partial charge on any atom is -0.478 e. The standard InChI is InChI=1S/C23H27FN4O3/c24-17-6-4-16(5-7-17)22(29)26-18-14-20(23(30)31)21(25-15-18)28-12-8-19(9-13-28)27-10-2-1-3-11-27/h4-7,14-15,19H,1-3,8-13H2,(H,26,29)(H,30,31). The third-order valence-corrected chi connectivity index (χ3v) is 6.13. The Balaban J connectivity index is 1.44. The average molecular weight is 426 g/mol. The molecule has 2 aliphatic heterocycles. The topological polar surface area (TPSA) is 85.8 Å². The monoisotopic (exact) mass is 426 g/mol. The molecule has 3 heterocycles. The SMILES string of the molecule is O=C(Nc1cnc(N2CCC(N3CCCCC3)CC2)c(C(=O)O)c1)c1ccc(F)cc1. The van der Waals surface area contributed by atoms with Crippen LogP contribution in [-0.2, 0) is 0 Å². The van der Waals surface area contributed by atoms with Crippen LogP contribution in [0.5, 0.6) is 0 Å². The highest BCUT2D eigenvalue weighted by Crippen LogP contribution is 2.27. The third kappa shape index (κ3) is 5.02. The summed E-state index contributed by atoms with van der Waals surface area (Å²) in [5, 5.41) is 12.4. The van der Waals surface area contributed by atoms with Gasteiger partial charge in [-0.1, -0.05) is 6.42 Å². The molecule has 2 N–H and O–H groups in total. The van der Waals surface area contributed by atoms with E-state index in [4.69, 9.17) is 0 Å². The summed E-state index contributed by atoms with van der Waals surface area (Å²) in [6.07, 6.45) is 7.28. The summed E-state index contributed by atoms with van der Waals surface area (Å²) in [5.74, 6) is -1.53. The molecule has 31 heavy (non-hydrogen) atoms. The lowest BCUT2D eigenvalue weighted by Gasteiger charge is -2.40. The molecule has 2 saturated heterocycles. The molecule has 0 bridgehead atoms. The van der Waals surface area contributed by atoms with Crippen LogP contribution in [0, 0.1) is 5.82 Å². The molecule has 2 aromatic rings. The highest BCUT2D eigenvalue weighted by atomic mass is 19.1. The molecule has 7 nitrogen and oxygen atoms in total. The van der Waals surface area contributed by atoms with Crippen LogP contribution in [0.25, 0.3) is 0 Å². The summed E-state index contributed by atoms with van der Waals surface area (Å²) in [4.78, 5) is 33.2. The van der Waals surface area contributed by atoms with Gasteiger partial charge in [0.2, 0.25) is 0 Å². The van der Waals surface area contributed by atoms with Gasteiger partial charge in [-0.05, 0) is 69.1 Å². The number of amides is 1. The van der Waals surface area contributed by atoms with Crippen molar-refractivity contribution in [1.82, 2.24) is 9.88 Å². The van der Waals surface area contributed by atoms with E-state index in [-0.39, 0.29) is 11.1 Å². The molecule has 4 rings (SSSR count). The van der Waals surface area contributed by atoms with Gasteiger partial charge in [-0.15, -0.1) is 0 Å². The second-order valence-corrected chi connectivity index (χ2v) is 8.18. The van der Waals surface area contributed by atoms with Crippen molar-refractivity contribution in [3.05, 3.63) is 53.5 Å². The Bertz CT molecular complexity index is 936. The van der Waals surface area contributed by atoms with Gasteiger partial charge in [-0.2, -0.15) is 0 Å². The Morgan fingerprint density at radius 1 is 1.03 bits per heavy atom. The zero-order chi connectivity index (χ0) is 21.8. The van der Waals surface area contributed by atoms with E-state index >= 15 is 0 Å². The molecule has 0 atom stereocenters. The van der Waals surface area contributed by atoms with Gasteiger partial charge in [-0.3, -0.25) is 4.79 Å². The van der Waals surface area contributed by atoms with Crippen molar-refractivity contribution in [2.45, 2.75) is 38.1 Å². The minimum atomic E-state index is -1.08. The Hall–Kier alpha value is -3.00. The van der Waals surface area contributed by atoms with Crippen LogP contribution < -0.4 is 10.2 Å². The number of hydrogen-bond donors (Lipinski definition) is 2. The van der Waals surface area contributed by atoms with E-state index in [1.807, 2.05) is 4.90 Å². The first-order chi connectivity index (χ1) is 15.0. The largest absolute Gasteiger partial charge is 0.478 e.